The minimum Gasteiger partial charge on any atom is -0.509 e. The fraction of sp³-hybridized carbons (Fsp3) is 0.467. The van der Waals surface area contributed by atoms with E-state index in [1.165, 1.54) is 6.20 Å². The largest absolute Gasteiger partial charge is 0.509 e. The topological polar surface area (TPSA) is 77.7 Å². The standard InChI is InChI=1S/C15H18NO4/c1-3-4-5-20-15(19)13-14(18)12-10(8-16-13)6-9(2)7-11(12)17/h6,8,13,18H,3-5,7H2,1-2H3. The van der Waals surface area contributed by atoms with Crippen molar-refractivity contribution in [2.45, 2.75) is 39.2 Å². The Balaban J connectivity index is 2.18. The summed E-state index contributed by atoms with van der Waals surface area (Å²) < 4.78 is 5.05. The molecule has 1 N–H and O–H groups in total. The summed E-state index contributed by atoms with van der Waals surface area (Å²) in [5, 5.41) is 14.1. The number of carbonyl (C=O) groups is 2. The lowest BCUT2D eigenvalue weighted by Crippen LogP contribution is -2.37. The molecule has 5 nitrogen and oxygen atoms in total. The van der Waals surface area contributed by atoms with Crippen molar-refractivity contribution < 1.29 is 19.4 Å². The Bertz CT molecular complexity index is 528. The molecule has 0 amide bonds. The Morgan fingerprint density at radius 1 is 1.55 bits per heavy atom. The molecule has 1 radical (unpaired) electrons. The third-order valence-corrected chi connectivity index (χ3v) is 3.25. The number of Topliss-reactive ketones (excluding diaryl/α,β-unsaturated/α-hetero) is 1. The summed E-state index contributed by atoms with van der Waals surface area (Å²) in [6, 6.07) is -1.11. The van der Waals surface area contributed by atoms with Gasteiger partial charge in [-0.15, -0.1) is 0 Å². The summed E-state index contributed by atoms with van der Waals surface area (Å²) >= 11 is 0. The molecule has 0 aromatic carbocycles. The van der Waals surface area contributed by atoms with Gasteiger partial charge in [0.05, 0.1) is 12.2 Å². The monoisotopic (exact) mass is 276 g/mol. The van der Waals surface area contributed by atoms with Gasteiger partial charge in [0.25, 0.3) is 0 Å². The first-order chi connectivity index (χ1) is 9.54. The van der Waals surface area contributed by atoms with Crippen molar-refractivity contribution in [2.75, 3.05) is 6.61 Å². The van der Waals surface area contributed by atoms with Gasteiger partial charge in [-0.25, -0.2) is 4.79 Å². The second kappa shape index (κ2) is 5.94. The fourth-order valence-corrected chi connectivity index (χ4v) is 2.21. The van der Waals surface area contributed by atoms with Gasteiger partial charge in [0.15, 0.2) is 5.78 Å². The van der Waals surface area contributed by atoms with E-state index in [4.69, 9.17) is 4.74 Å². The summed E-state index contributed by atoms with van der Waals surface area (Å²) in [5.41, 5.74) is 1.67. The molecule has 1 atom stereocenters. The van der Waals surface area contributed by atoms with Crippen LogP contribution in [0.4, 0.5) is 0 Å². The normalized spacial score (nSPS) is 21.7. The zero-order valence-electron chi connectivity index (χ0n) is 11.7. The number of carbonyl (C=O) groups excluding carboxylic acids is 2. The van der Waals surface area contributed by atoms with Crippen LogP contribution in [0.5, 0.6) is 0 Å². The van der Waals surface area contributed by atoms with Gasteiger partial charge in [-0.3, -0.25) is 10.1 Å². The van der Waals surface area contributed by atoms with Crippen LogP contribution in [-0.4, -0.2) is 29.5 Å². The number of rotatable bonds is 4. The molecule has 0 spiro atoms. The minimum absolute atomic E-state index is 0.185. The van der Waals surface area contributed by atoms with Crippen LogP contribution < -0.4 is 5.32 Å². The Hall–Kier alpha value is -2.04. The third-order valence-electron chi connectivity index (χ3n) is 3.25. The predicted octanol–water partition coefficient (Wildman–Crippen LogP) is 1.93. The van der Waals surface area contributed by atoms with Gasteiger partial charge >= 0.3 is 5.97 Å². The number of hydrogen-bond donors (Lipinski definition) is 1. The summed E-state index contributed by atoms with van der Waals surface area (Å²) in [7, 11) is 0. The van der Waals surface area contributed by atoms with Gasteiger partial charge in [0.2, 0.25) is 6.04 Å². The molecule has 0 saturated carbocycles. The maximum atomic E-state index is 12.0. The smallest absolute Gasteiger partial charge is 0.338 e. The number of unbranched alkanes of at least 4 members (excludes halogenated alkanes) is 1. The highest BCUT2D eigenvalue weighted by molar-refractivity contribution is 6.05. The van der Waals surface area contributed by atoms with Gasteiger partial charge in [-0.2, -0.15) is 0 Å². The van der Waals surface area contributed by atoms with Gasteiger partial charge in [0, 0.05) is 18.2 Å². The van der Waals surface area contributed by atoms with E-state index in [0.717, 1.165) is 18.4 Å². The zero-order chi connectivity index (χ0) is 14.7. The Morgan fingerprint density at radius 2 is 2.30 bits per heavy atom. The fourth-order valence-electron chi connectivity index (χ4n) is 2.21. The van der Waals surface area contributed by atoms with Crippen LogP contribution in [0.15, 0.2) is 34.8 Å². The van der Waals surface area contributed by atoms with Crippen LogP contribution >= 0.6 is 0 Å². The van der Waals surface area contributed by atoms with E-state index in [9.17, 15) is 14.7 Å². The van der Waals surface area contributed by atoms with E-state index in [-0.39, 0.29) is 23.5 Å². The van der Waals surface area contributed by atoms with Crippen LogP contribution in [0.2, 0.25) is 0 Å². The number of hydrogen-bond acceptors (Lipinski definition) is 4. The molecule has 0 bridgehead atoms. The van der Waals surface area contributed by atoms with E-state index in [2.05, 4.69) is 5.32 Å². The van der Waals surface area contributed by atoms with Gasteiger partial charge in [0.1, 0.15) is 5.76 Å². The van der Waals surface area contributed by atoms with Gasteiger partial charge in [-0.05, 0) is 13.3 Å². The average molecular weight is 276 g/mol. The molecule has 107 valence electrons. The number of aliphatic hydroxyl groups excluding tert-OH is 1. The summed E-state index contributed by atoms with van der Waals surface area (Å²) in [6.45, 7) is 4.13. The second-order valence-corrected chi connectivity index (χ2v) is 5.01. The molecule has 1 heterocycles. The molecule has 1 aliphatic carbocycles. The molecule has 0 aromatic heterocycles. The van der Waals surface area contributed by atoms with Crippen molar-refractivity contribution in [3.63, 3.8) is 0 Å². The average Bonchev–Trinajstić information content (AvgIpc) is 2.38. The van der Waals surface area contributed by atoms with Crippen LogP contribution in [0.1, 0.15) is 33.1 Å². The van der Waals surface area contributed by atoms with Crippen molar-refractivity contribution in [3.8, 4) is 0 Å². The lowest BCUT2D eigenvalue weighted by molar-refractivity contribution is -0.145. The zero-order valence-corrected chi connectivity index (χ0v) is 11.7. The van der Waals surface area contributed by atoms with Crippen molar-refractivity contribution in [3.05, 3.63) is 34.8 Å². The molecule has 1 unspecified atom stereocenters. The van der Waals surface area contributed by atoms with Crippen LogP contribution in [0.3, 0.4) is 0 Å². The van der Waals surface area contributed by atoms with E-state index in [1.807, 2.05) is 13.8 Å². The Morgan fingerprint density at radius 3 is 3.00 bits per heavy atom. The maximum absolute atomic E-state index is 12.0. The van der Waals surface area contributed by atoms with E-state index in [1.54, 1.807) is 6.08 Å². The third kappa shape index (κ3) is 2.76. The SMILES string of the molecule is CCCCOC(=O)C1[N]C=C2C=C(C)CC(=O)C2=C1O. The molecule has 0 saturated heterocycles. The number of fused-ring (bicyclic) bond motifs is 1. The maximum Gasteiger partial charge on any atom is 0.338 e. The summed E-state index contributed by atoms with van der Waals surface area (Å²) in [5.74, 6) is -1.09. The number of nitrogens with zero attached hydrogens (tertiary/aromatic N) is 1. The number of allylic oxidation sites excluding steroid dienone is 4. The number of aliphatic hydroxyl groups is 1. The van der Waals surface area contributed by atoms with Crippen molar-refractivity contribution in [1.82, 2.24) is 5.32 Å². The first kappa shape index (κ1) is 14.4. The summed E-state index contributed by atoms with van der Waals surface area (Å²) in [6.07, 6.45) is 5.19. The van der Waals surface area contributed by atoms with Crippen LogP contribution in [-0.2, 0) is 14.3 Å². The Kier molecular flexibility index (Phi) is 4.27. The highest BCUT2D eigenvalue weighted by Gasteiger charge is 2.35. The molecule has 5 heteroatoms. The molecule has 1 aliphatic heterocycles. The number of ether oxygens (including phenoxy) is 1. The first-order valence-corrected chi connectivity index (χ1v) is 6.75. The van der Waals surface area contributed by atoms with Crippen LogP contribution in [0, 0.1) is 0 Å². The summed E-state index contributed by atoms with van der Waals surface area (Å²) in [4.78, 5) is 23.8. The lowest BCUT2D eigenvalue weighted by Gasteiger charge is -2.24. The van der Waals surface area contributed by atoms with Crippen molar-refractivity contribution in [2.24, 2.45) is 0 Å². The minimum atomic E-state index is -1.11. The van der Waals surface area contributed by atoms with E-state index in [0.29, 0.717) is 12.2 Å². The molecular weight excluding hydrogens is 258 g/mol. The molecule has 2 rings (SSSR count). The van der Waals surface area contributed by atoms with E-state index < -0.39 is 12.0 Å². The highest BCUT2D eigenvalue weighted by atomic mass is 16.5. The number of esters is 1. The highest BCUT2D eigenvalue weighted by Crippen LogP contribution is 2.30. The van der Waals surface area contributed by atoms with Crippen LogP contribution in [0.25, 0.3) is 0 Å². The first-order valence-electron chi connectivity index (χ1n) is 6.75. The number of ketones is 1. The van der Waals surface area contributed by atoms with Crippen molar-refractivity contribution in [1.29, 1.82) is 0 Å². The quantitative estimate of drug-likeness (QED) is 0.628. The van der Waals surface area contributed by atoms with Gasteiger partial charge in [-0.1, -0.05) is 25.0 Å². The molecule has 0 fully saturated rings. The van der Waals surface area contributed by atoms with Crippen molar-refractivity contribution >= 4 is 11.8 Å². The second-order valence-electron chi connectivity index (χ2n) is 5.01. The molecule has 2 aliphatic rings. The molecular formula is C15H18NO4. The van der Waals surface area contributed by atoms with Gasteiger partial charge < -0.3 is 9.84 Å². The molecule has 0 aromatic rings. The van der Waals surface area contributed by atoms with E-state index >= 15 is 0 Å². The lowest BCUT2D eigenvalue weighted by atomic mass is 9.86. The molecule has 20 heavy (non-hydrogen) atoms. The predicted molar refractivity (Wildman–Crippen MR) is 72.9 cm³/mol. The Labute approximate surface area is 118 Å².